The Morgan fingerprint density at radius 2 is 1.91 bits per heavy atom. The molecule has 0 atom stereocenters. The second-order valence-corrected chi connectivity index (χ2v) is 5.90. The minimum absolute atomic E-state index is 0.190. The van der Waals surface area contributed by atoms with Gasteiger partial charge in [0.15, 0.2) is 0 Å². The Hall–Kier alpha value is -2.88. The van der Waals surface area contributed by atoms with Crippen LogP contribution in [0.1, 0.15) is 21.5 Å². The van der Waals surface area contributed by atoms with Crippen LogP contribution in [0.15, 0.2) is 48.5 Å². The van der Waals surface area contributed by atoms with Gasteiger partial charge in [-0.25, -0.2) is 4.98 Å². The summed E-state index contributed by atoms with van der Waals surface area (Å²) < 4.78 is 0. The fraction of sp³-hybridized carbons (Fsp3) is 0.158. The number of nitrogens with zero attached hydrogens (tertiary/aromatic N) is 2. The number of aromatic carboxylic acids is 1. The number of rotatable bonds is 2. The van der Waals surface area contributed by atoms with E-state index in [-0.39, 0.29) is 5.56 Å². The number of pyridine rings is 1. The third-order valence-electron chi connectivity index (χ3n) is 4.30. The fourth-order valence-corrected chi connectivity index (χ4v) is 3.10. The number of fused-ring (bicyclic) bond motifs is 2. The molecule has 4 nitrogen and oxygen atoms in total. The zero-order valence-electron chi connectivity index (χ0n) is 12.7. The van der Waals surface area contributed by atoms with E-state index < -0.39 is 5.97 Å². The Bertz CT molecular complexity index is 917. The lowest BCUT2D eigenvalue weighted by Crippen LogP contribution is -2.22. The maximum absolute atomic E-state index is 10.9. The van der Waals surface area contributed by atoms with Gasteiger partial charge in [0.05, 0.1) is 11.5 Å². The van der Waals surface area contributed by atoms with E-state index in [0.717, 1.165) is 35.4 Å². The maximum Gasteiger partial charge on any atom is 0.137 e. The van der Waals surface area contributed by atoms with Gasteiger partial charge in [-0.15, -0.1) is 0 Å². The van der Waals surface area contributed by atoms with Crippen LogP contribution in [0.25, 0.3) is 10.9 Å². The van der Waals surface area contributed by atoms with Gasteiger partial charge in [0.2, 0.25) is 0 Å². The molecule has 0 radical (unpaired) electrons. The van der Waals surface area contributed by atoms with E-state index in [0.29, 0.717) is 0 Å². The molecule has 4 rings (SSSR count). The zero-order chi connectivity index (χ0) is 16.0. The van der Waals surface area contributed by atoms with Crippen molar-refractivity contribution in [3.05, 3.63) is 65.2 Å². The van der Waals surface area contributed by atoms with Crippen LogP contribution in [0.5, 0.6) is 0 Å². The number of carbonyl (C=O) groups excluding carboxylic acids is 1. The molecule has 2 heterocycles. The second-order valence-electron chi connectivity index (χ2n) is 5.90. The third kappa shape index (κ3) is 2.32. The van der Waals surface area contributed by atoms with Crippen LogP contribution in [0.4, 0.5) is 11.5 Å². The van der Waals surface area contributed by atoms with E-state index in [9.17, 15) is 9.90 Å². The molecule has 114 valence electrons. The minimum atomic E-state index is -1.15. The lowest BCUT2D eigenvalue weighted by atomic mass is 10.1. The Balaban J connectivity index is 1.78. The zero-order valence-corrected chi connectivity index (χ0v) is 12.7. The summed E-state index contributed by atoms with van der Waals surface area (Å²) in [6.07, 6.45) is 0.939. The molecule has 1 aliphatic heterocycles. The average Bonchev–Trinajstić information content (AvgIpc) is 2.95. The van der Waals surface area contributed by atoms with Crippen molar-refractivity contribution in [3.8, 4) is 0 Å². The normalized spacial score (nSPS) is 13.3. The van der Waals surface area contributed by atoms with Crippen molar-refractivity contribution in [1.82, 2.24) is 4.98 Å². The van der Waals surface area contributed by atoms with E-state index >= 15 is 0 Å². The summed E-state index contributed by atoms with van der Waals surface area (Å²) in [4.78, 5) is 17.8. The summed E-state index contributed by atoms with van der Waals surface area (Å²) in [7, 11) is 0. The first kappa shape index (κ1) is 13.8. The maximum atomic E-state index is 10.9. The number of carboxylic acids is 1. The third-order valence-corrected chi connectivity index (χ3v) is 4.30. The van der Waals surface area contributed by atoms with Crippen LogP contribution in [0.3, 0.4) is 0 Å². The van der Waals surface area contributed by atoms with Crippen LogP contribution < -0.4 is 10.0 Å². The molecule has 0 unspecified atom stereocenters. The highest BCUT2D eigenvalue weighted by molar-refractivity contribution is 5.87. The Labute approximate surface area is 134 Å². The molecule has 3 aromatic rings. The molecule has 0 aliphatic carbocycles. The van der Waals surface area contributed by atoms with E-state index in [4.69, 9.17) is 4.98 Å². The summed E-state index contributed by atoms with van der Waals surface area (Å²) >= 11 is 0. The van der Waals surface area contributed by atoms with Gasteiger partial charge in [0.1, 0.15) is 5.82 Å². The van der Waals surface area contributed by atoms with Gasteiger partial charge >= 0.3 is 0 Å². The standard InChI is InChI=1S/C19H16N2O2/c1-12-2-3-14-11-15-8-9-21(18(15)20-17(14)10-12)16-6-4-13(5-7-16)19(22)23/h2-7,10-11H,8-9H2,1H3,(H,22,23)/p-1. The molecule has 0 bridgehead atoms. The summed E-state index contributed by atoms with van der Waals surface area (Å²) in [6.45, 7) is 2.91. The highest BCUT2D eigenvalue weighted by atomic mass is 16.4. The van der Waals surface area contributed by atoms with Crippen molar-refractivity contribution in [3.63, 3.8) is 0 Å². The summed E-state index contributed by atoms with van der Waals surface area (Å²) in [6, 6.07) is 15.3. The van der Waals surface area contributed by atoms with E-state index in [1.54, 1.807) is 12.1 Å². The van der Waals surface area contributed by atoms with Crippen molar-refractivity contribution < 1.29 is 9.90 Å². The molecule has 23 heavy (non-hydrogen) atoms. The molecular formula is C19H15N2O2-. The number of carboxylic acid groups (broad SMARTS) is 1. The molecule has 0 saturated heterocycles. The number of benzene rings is 2. The van der Waals surface area contributed by atoms with Gasteiger partial charge in [-0.1, -0.05) is 24.3 Å². The molecule has 4 heteroatoms. The monoisotopic (exact) mass is 303 g/mol. The number of aryl methyl sites for hydroxylation is 1. The Kier molecular flexibility index (Phi) is 3.05. The fourth-order valence-electron chi connectivity index (χ4n) is 3.10. The SMILES string of the molecule is Cc1ccc2cc3c(nc2c1)N(c1ccc(C(=O)[O-])cc1)CC3. The van der Waals surface area contributed by atoms with Crippen molar-refractivity contribution in [1.29, 1.82) is 0 Å². The van der Waals surface area contributed by atoms with Crippen LogP contribution in [0.2, 0.25) is 0 Å². The van der Waals surface area contributed by atoms with E-state index in [1.165, 1.54) is 11.1 Å². The van der Waals surface area contributed by atoms with E-state index in [1.807, 2.05) is 12.1 Å². The molecule has 0 N–H and O–H groups in total. The van der Waals surface area contributed by atoms with Crippen molar-refractivity contribution in [2.75, 3.05) is 11.4 Å². The van der Waals surface area contributed by atoms with Crippen molar-refractivity contribution >= 4 is 28.4 Å². The smallest absolute Gasteiger partial charge is 0.137 e. The quantitative estimate of drug-likeness (QED) is 0.730. The largest absolute Gasteiger partial charge is 0.545 e. The number of aromatic nitrogens is 1. The Morgan fingerprint density at radius 1 is 1.13 bits per heavy atom. The van der Waals surface area contributed by atoms with Crippen molar-refractivity contribution in [2.24, 2.45) is 0 Å². The molecule has 0 spiro atoms. The predicted molar refractivity (Wildman–Crippen MR) is 88.0 cm³/mol. The highest BCUT2D eigenvalue weighted by Crippen LogP contribution is 2.35. The topological polar surface area (TPSA) is 56.3 Å². The lowest BCUT2D eigenvalue weighted by Gasteiger charge is -2.19. The molecule has 1 aliphatic rings. The highest BCUT2D eigenvalue weighted by Gasteiger charge is 2.22. The number of hydrogen-bond acceptors (Lipinski definition) is 4. The molecular weight excluding hydrogens is 288 g/mol. The first-order valence-electron chi connectivity index (χ1n) is 7.61. The number of carbonyl (C=O) groups is 1. The molecule has 0 fully saturated rings. The van der Waals surface area contributed by atoms with Crippen LogP contribution in [-0.2, 0) is 6.42 Å². The first-order chi connectivity index (χ1) is 11.1. The average molecular weight is 303 g/mol. The van der Waals surface area contributed by atoms with Gasteiger partial charge in [-0.05, 0) is 54.3 Å². The lowest BCUT2D eigenvalue weighted by molar-refractivity contribution is -0.255. The van der Waals surface area contributed by atoms with Gasteiger partial charge < -0.3 is 14.8 Å². The van der Waals surface area contributed by atoms with Crippen molar-refractivity contribution in [2.45, 2.75) is 13.3 Å². The van der Waals surface area contributed by atoms with Gasteiger partial charge in [0, 0.05) is 17.6 Å². The van der Waals surface area contributed by atoms with Crippen LogP contribution in [-0.4, -0.2) is 17.5 Å². The molecule has 2 aromatic carbocycles. The number of hydrogen-bond donors (Lipinski definition) is 0. The summed E-state index contributed by atoms with van der Waals surface area (Å²) in [5.41, 5.74) is 4.55. The van der Waals surface area contributed by atoms with Crippen LogP contribution in [0, 0.1) is 6.92 Å². The predicted octanol–water partition coefficient (Wildman–Crippen LogP) is 2.60. The first-order valence-corrected chi connectivity index (χ1v) is 7.61. The molecule has 0 saturated carbocycles. The second kappa shape index (κ2) is 5.09. The Morgan fingerprint density at radius 3 is 2.65 bits per heavy atom. The molecule has 1 aromatic heterocycles. The minimum Gasteiger partial charge on any atom is -0.545 e. The van der Waals surface area contributed by atoms with E-state index in [2.05, 4.69) is 36.1 Å². The summed E-state index contributed by atoms with van der Waals surface area (Å²) in [5, 5.41) is 12.0. The molecule has 0 amide bonds. The summed E-state index contributed by atoms with van der Waals surface area (Å²) in [5.74, 6) is -0.192. The number of anilines is 2. The van der Waals surface area contributed by atoms with Gasteiger partial charge in [0.25, 0.3) is 0 Å². The van der Waals surface area contributed by atoms with Gasteiger partial charge in [-0.3, -0.25) is 0 Å². The van der Waals surface area contributed by atoms with Crippen LogP contribution >= 0.6 is 0 Å². The van der Waals surface area contributed by atoms with Gasteiger partial charge in [-0.2, -0.15) is 0 Å².